The Morgan fingerprint density at radius 3 is 2.67 bits per heavy atom. The fourth-order valence-corrected chi connectivity index (χ4v) is 4.09. The average Bonchev–Trinajstić information content (AvgIpc) is 2.46. The van der Waals surface area contributed by atoms with Crippen molar-refractivity contribution in [2.75, 3.05) is 5.88 Å². The van der Waals surface area contributed by atoms with Crippen LogP contribution in [-0.2, 0) is 10.0 Å². The highest BCUT2D eigenvalue weighted by molar-refractivity contribution is 7.89. The molecule has 4 nitrogen and oxygen atoms in total. The lowest BCUT2D eigenvalue weighted by molar-refractivity contribution is 0.439. The first-order chi connectivity index (χ1) is 9.95. The summed E-state index contributed by atoms with van der Waals surface area (Å²) in [5, 5.41) is 0.626. The van der Waals surface area contributed by atoms with E-state index in [-0.39, 0.29) is 16.9 Å². The number of nitrogens with zero attached hydrogens (tertiary/aromatic N) is 1. The van der Waals surface area contributed by atoms with Crippen LogP contribution in [0.15, 0.2) is 41.4 Å². The summed E-state index contributed by atoms with van der Waals surface area (Å²) in [6.07, 6.45) is 2.25. The number of nitrogens with one attached hydrogen (secondary N) is 1. The standard InChI is InChI=1S/C15H19ClN2O2S/c1-11(2)13(8-9-16)18-21(19,20)15-7-3-6-14-12(15)5-4-10-17-14/h3-7,10-11,13,18H,8-9H2,1-2H3. The van der Waals surface area contributed by atoms with Crippen molar-refractivity contribution in [2.45, 2.75) is 31.2 Å². The van der Waals surface area contributed by atoms with Crippen LogP contribution in [0, 0.1) is 5.92 Å². The van der Waals surface area contributed by atoms with Gasteiger partial charge in [0.05, 0.1) is 10.4 Å². The topological polar surface area (TPSA) is 59.1 Å². The summed E-state index contributed by atoms with van der Waals surface area (Å²) in [5.74, 6) is 0.592. The largest absolute Gasteiger partial charge is 0.256 e. The van der Waals surface area contributed by atoms with Crippen LogP contribution >= 0.6 is 11.6 Å². The molecule has 1 atom stereocenters. The number of fused-ring (bicyclic) bond motifs is 1. The van der Waals surface area contributed by atoms with Gasteiger partial charge >= 0.3 is 0 Å². The number of hydrogen-bond acceptors (Lipinski definition) is 3. The number of rotatable bonds is 6. The normalized spacial score (nSPS) is 13.7. The van der Waals surface area contributed by atoms with Crippen LogP contribution in [0.5, 0.6) is 0 Å². The lowest BCUT2D eigenvalue weighted by Gasteiger charge is -2.21. The van der Waals surface area contributed by atoms with Crippen molar-refractivity contribution in [2.24, 2.45) is 5.92 Å². The van der Waals surface area contributed by atoms with Gasteiger partial charge in [-0.05, 0) is 36.6 Å². The third kappa shape index (κ3) is 3.73. The Labute approximate surface area is 130 Å². The highest BCUT2D eigenvalue weighted by atomic mass is 35.5. The third-order valence-corrected chi connectivity index (χ3v) is 5.19. The molecule has 0 bridgehead atoms. The lowest BCUT2D eigenvalue weighted by atomic mass is 10.0. The Bertz CT molecular complexity index is 711. The SMILES string of the molecule is CC(C)C(CCCl)NS(=O)(=O)c1cccc2ncccc12. The van der Waals surface area contributed by atoms with E-state index in [1.54, 1.807) is 36.5 Å². The van der Waals surface area contributed by atoms with E-state index in [2.05, 4.69) is 9.71 Å². The van der Waals surface area contributed by atoms with E-state index >= 15 is 0 Å². The second-order valence-electron chi connectivity index (χ2n) is 5.28. The molecule has 0 aliphatic carbocycles. The van der Waals surface area contributed by atoms with Gasteiger partial charge in [-0.15, -0.1) is 11.6 Å². The van der Waals surface area contributed by atoms with Gasteiger partial charge in [0.1, 0.15) is 0 Å². The Kier molecular flexibility index (Phi) is 5.19. The van der Waals surface area contributed by atoms with Gasteiger partial charge in [-0.3, -0.25) is 4.98 Å². The van der Waals surface area contributed by atoms with Crippen molar-refractivity contribution in [3.8, 4) is 0 Å². The molecule has 0 aliphatic rings. The fourth-order valence-electron chi connectivity index (χ4n) is 2.22. The molecule has 1 aromatic carbocycles. The molecule has 2 rings (SSSR count). The molecule has 0 saturated heterocycles. The minimum Gasteiger partial charge on any atom is -0.256 e. The molecule has 0 amide bonds. The Morgan fingerprint density at radius 2 is 2.00 bits per heavy atom. The van der Waals surface area contributed by atoms with Crippen molar-refractivity contribution < 1.29 is 8.42 Å². The molecule has 114 valence electrons. The van der Waals surface area contributed by atoms with Crippen molar-refractivity contribution in [3.63, 3.8) is 0 Å². The van der Waals surface area contributed by atoms with Crippen LogP contribution in [0.4, 0.5) is 0 Å². The first-order valence-corrected chi connectivity index (χ1v) is 8.89. The quantitative estimate of drug-likeness (QED) is 0.829. The third-order valence-electron chi connectivity index (χ3n) is 3.43. The van der Waals surface area contributed by atoms with Crippen LogP contribution in [0.1, 0.15) is 20.3 Å². The molecule has 1 heterocycles. The van der Waals surface area contributed by atoms with E-state index in [4.69, 9.17) is 11.6 Å². The van der Waals surface area contributed by atoms with Gasteiger partial charge in [0, 0.05) is 23.5 Å². The molecule has 0 spiro atoms. The van der Waals surface area contributed by atoms with Crippen molar-refractivity contribution in [3.05, 3.63) is 36.5 Å². The summed E-state index contributed by atoms with van der Waals surface area (Å²) in [4.78, 5) is 4.45. The van der Waals surface area contributed by atoms with Crippen molar-refractivity contribution in [1.29, 1.82) is 0 Å². The molecule has 0 aliphatic heterocycles. The summed E-state index contributed by atoms with van der Waals surface area (Å²) in [6.45, 7) is 3.95. The number of halogens is 1. The second-order valence-corrected chi connectivity index (χ2v) is 7.34. The molecule has 21 heavy (non-hydrogen) atoms. The Balaban J connectivity index is 2.42. The molecule has 2 aromatic rings. The summed E-state index contributed by atoms with van der Waals surface area (Å²) < 4.78 is 28.1. The van der Waals surface area contributed by atoms with Crippen LogP contribution < -0.4 is 4.72 Å². The summed E-state index contributed by atoms with van der Waals surface area (Å²) in [6, 6.07) is 8.43. The van der Waals surface area contributed by atoms with Gasteiger partial charge in [0.2, 0.25) is 10.0 Å². The predicted molar refractivity (Wildman–Crippen MR) is 86.0 cm³/mol. The zero-order chi connectivity index (χ0) is 15.5. The molecule has 0 fully saturated rings. The van der Waals surface area contributed by atoms with Gasteiger partial charge in [-0.25, -0.2) is 13.1 Å². The minimum absolute atomic E-state index is 0.173. The summed E-state index contributed by atoms with van der Waals surface area (Å²) in [7, 11) is -3.60. The summed E-state index contributed by atoms with van der Waals surface area (Å²) in [5.41, 5.74) is 0.666. The highest BCUT2D eigenvalue weighted by Crippen LogP contribution is 2.22. The molecule has 6 heteroatoms. The Hall–Kier alpha value is -1.17. The number of aromatic nitrogens is 1. The van der Waals surface area contributed by atoms with Gasteiger partial charge in [0.15, 0.2) is 0 Å². The number of pyridine rings is 1. The predicted octanol–water partition coefficient (Wildman–Crippen LogP) is 3.17. The van der Waals surface area contributed by atoms with Gasteiger partial charge in [-0.1, -0.05) is 19.9 Å². The van der Waals surface area contributed by atoms with E-state index in [0.29, 0.717) is 23.2 Å². The van der Waals surface area contributed by atoms with E-state index in [1.807, 2.05) is 13.8 Å². The zero-order valence-electron chi connectivity index (χ0n) is 12.1. The van der Waals surface area contributed by atoms with Gasteiger partial charge in [0.25, 0.3) is 0 Å². The number of alkyl halides is 1. The monoisotopic (exact) mass is 326 g/mol. The minimum atomic E-state index is -3.60. The van der Waals surface area contributed by atoms with Crippen LogP contribution in [0.25, 0.3) is 10.9 Å². The maximum atomic E-state index is 12.7. The molecule has 0 radical (unpaired) electrons. The molecular weight excluding hydrogens is 308 g/mol. The lowest BCUT2D eigenvalue weighted by Crippen LogP contribution is -2.38. The van der Waals surface area contributed by atoms with Crippen LogP contribution in [0.3, 0.4) is 0 Å². The zero-order valence-corrected chi connectivity index (χ0v) is 13.7. The van der Waals surface area contributed by atoms with Crippen LogP contribution in [0.2, 0.25) is 0 Å². The highest BCUT2D eigenvalue weighted by Gasteiger charge is 2.23. The Morgan fingerprint density at radius 1 is 1.24 bits per heavy atom. The van der Waals surface area contributed by atoms with Gasteiger partial charge < -0.3 is 0 Å². The summed E-state index contributed by atoms with van der Waals surface area (Å²) >= 11 is 5.77. The van der Waals surface area contributed by atoms with E-state index in [1.165, 1.54) is 0 Å². The maximum Gasteiger partial charge on any atom is 0.241 e. The second kappa shape index (κ2) is 6.73. The molecule has 1 N–H and O–H groups in total. The first kappa shape index (κ1) is 16.2. The average molecular weight is 327 g/mol. The molecule has 1 aromatic heterocycles. The van der Waals surface area contributed by atoms with Crippen molar-refractivity contribution >= 4 is 32.5 Å². The van der Waals surface area contributed by atoms with Crippen molar-refractivity contribution in [1.82, 2.24) is 9.71 Å². The number of sulfonamides is 1. The van der Waals surface area contributed by atoms with Crippen LogP contribution in [-0.4, -0.2) is 25.3 Å². The van der Waals surface area contributed by atoms with E-state index < -0.39 is 10.0 Å². The fraction of sp³-hybridized carbons (Fsp3) is 0.400. The molecule has 0 saturated carbocycles. The van der Waals surface area contributed by atoms with Gasteiger partial charge in [-0.2, -0.15) is 0 Å². The number of benzene rings is 1. The van der Waals surface area contributed by atoms with E-state index in [9.17, 15) is 8.42 Å². The molecule has 1 unspecified atom stereocenters. The first-order valence-electron chi connectivity index (χ1n) is 6.87. The molecular formula is C15H19ClN2O2S. The maximum absolute atomic E-state index is 12.7. The smallest absolute Gasteiger partial charge is 0.241 e. The number of hydrogen-bond donors (Lipinski definition) is 1. The van der Waals surface area contributed by atoms with E-state index in [0.717, 1.165) is 0 Å².